The van der Waals surface area contributed by atoms with Crippen molar-refractivity contribution in [1.29, 1.82) is 0 Å². The van der Waals surface area contributed by atoms with Crippen molar-refractivity contribution in [3.05, 3.63) is 58.0 Å². The number of ether oxygens (including phenoxy) is 3. The van der Waals surface area contributed by atoms with Gasteiger partial charge in [-0.1, -0.05) is 18.2 Å². The summed E-state index contributed by atoms with van der Waals surface area (Å²) < 4.78 is 17.1. The van der Waals surface area contributed by atoms with Gasteiger partial charge in [0, 0.05) is 23.1 Å². The van der Waals surface area contributed by atoms with Gasteiger partial charge in [0.2, 0.25) is 0 Å². The fraction of sp³-hybridized carbons (Fsp3) is 0.273. The van der Waals surface area contributed by atoms with Crippen LogP contribution in [-0.2, 0) is 6.54 Å². The molecule has 1 aromatic heterocycles. The maximum Gasteiger partial charge on any atom is 0.273 e. The molecular formula is C22H22N2O4S. The molecule has 29 heavy (non-hydrogen) atoms. The van der Waals surface area contributed by atoms with Gasteiger partial charge >= 0.3 is 0 Å². The average Bonchev–Trinajstić information content (AvgIpc) is 3.06. The van der Waals surface area contributed by atoms with Crippen molar-refractivity contribution < 1.29 is 19.0 Å². The molecule has 0 radical (unpaired) electrons. The number of nitrogens with zero attached hydrogens (tertiary/aromatic N) is 2. The second kappa shape index (κ2) is 8.13. The Kier molecular flexibility index (Phi) is 5.40. The lowest BCUT2D eigenvalue weighted by Crippen LogP contribution is -2.32. The Morgan fingerprint density at radius 2 is 1.97 bits per heavy atom. The van der Waals surface area contributed by atoms with Crippen LogP contribution >= 0.6 is 11.3 Å². The number of carbonyl (C=O) groups is 1. The highest BCUT2D eigenvalue weighted by molar-refractivity contribution is 7.09. The normalized spacial score (nSPS) is 13.3. The minimum atomic E-state index is -0.0903. The van der Waals surface area contributed by atoms with E-state index in [-0.39, 0.29) is 5.91 Å². The number of methoxy groups -OCH3 is 2. The number of benzene rings is 2. The number of fused-ring (bicyclic) bond motifs is 1. The van der Waals surface area contributed by atoms with Gasteiger partial charge in [-0.25, -0.2) is 4.98 Å². The van der Waals surface area contributed by atoms with Gasteiger partial charge in [0.25, 0.3) is 5.91 Å². The lowest BCUT2D eigenvalue weighted by molar-refractivity contribution is 0.0728. The highest BCUT2D eigenvalue weighted by Gasteiger charge is 2.25. The number of aromatic nitrogens is 1. The predicted molar refractivity (Wildman–Crippen MR) is 112 cm³/mol. The Labute approximate surface area is 173 Å². The van der Waals surface area contributed by atoms with E-state index in [4.69, 9.17) is 14.2 Å². The van der Waals surface area contributed by atoms with E-state index in [1.54, 1.807) is 24.5 Å². The Bertz CT molecular complexity index is 1050. The van der Waals surface area contributed by atoms with Crippen LogP contribution in [0.4, 0.5) is 0 Å². The number of hydrogen-bond acceptors (Lipinski definition) is 6. The fourth-order valence-electron chi connectivity index (χ4n) is 3.47. The Hall–Kier alpha value is -3.06. The fourth-order valence-corrected chi connectivity index (χ4v) is 4.06. The molecule has 3 aromatic rings. The molecule has 0 spiro atoms. The first-order chi connectivity index (χ1) is 14.1. The highest BCUT2D eigenvalue weighted by Crippen LogP contribution is 2.40. The lowest BCUT2D eigenvalue weighted by Gasteiger charge is -2.19. The molecule has 150 valence electrons. The third-order valence-electron chi connectivity index (χ3n) is 4.86. The molecule has 0 bridgehead atoms. The number of para-hydroxylation sites is 1. The van der Waals surface area contributed by atoms with Crippen LogP contribution in [0.15, 0.2) is 41.8 Å². The van der Waals surface area contributed by atoms with Crippen LogP contribution in [0.5, 0.6) is 17.2 Å². The molecule has 0 saturated heterocycles. The van der Waals surface area contributed by atoms with Crippen molar-refractivity contribution >= 4 is 17.2 Å². The van der Waals surface area contributed by atoms with Crippen molar-refractivity contribution in [2.75, 3.05) is 27.4 Å². The minimum Gasteiger partial charge on any atom is -0.496 e. The molecule has 0 saturated carbocycles. The largest absolute Gasteiger partial charge is 0.496 e. The molecule has 1 aliphatic heterocycles. The van der Waals surface area contributed by atoms with Gasteiger partial charge in [0.05, 0.1) is 25.8 Å². The highest BCUT2D eigenvalue weighted by atomic mass is 32.1. The van der Waals surface area contributed by atoms with E-state index in [9.17, 15) is 4.79 Å². The second-order valence-corrected chi connectivity index (χ2v) is 7.76. The molecule has 2 aromatic carbocycles. The SMILES string of the molecule is COc1ccccc1-c1cc2c(c(OC)c1)OCCN(C(=O)c1csc(C)n1)C2. The summed E-state index contributed by atoms with van der Waals surface area (Å²) in [6.45, 7) is 3.19. The zero-order valence-corrected chi connectivity index (χ0v) is 17.4. The van der Waals surface area contributed by atoms with Crippen molar-refractivity contribution in [3.63, 3.8) is 0 Å². The quantitative estimate of drug-likeness (QED) is 0.646. The lowest BCUT2D eigenvalue weighted by atomic mass is 10.0. The van der Waals surface area contributed by atoms with E-state index in [0.29, 0.717) is 36.9 Å². The summed E-state index contributed by atoms with van der Waals surface area (Å²) in [4.78, 5) is 19.1. The molecule has 0 atom stereocenters. The van der Waals surface area contributed by atoms with Gasteiger partial charge in [-0.3, -0.25) is 4.79 Å². The average molecular weight is 410 g/mol. The van der Waals surface area contributed by atoms with Crippen molar-refractivity contribution in [3.8, 4) is 28.4 Å². The van der Waals surface area contributed by atoms with Crippen LogP contribution in [-0.4, -0.2) is 43.2 Å². The first-order valence-electron chi connectivity index (χ1n) is 9.29. The first-order valence-corrected chi connectivity index (χ1v) is 10.2. The Balaban J connectivity index is 1.74. The summed E-state index contributed by atoms with van der Waals surface area (Å²) in [5, 5.41) is 2.68. The summed E-state index contributed by atoms with van der Waals surface area (Å²) in [6.07, 6.45) is 0. The topological polar surface area (TPSA) is 60.9 Å². The van der Waals surface area contributed by atoms with Crippen LogP contribution in [0.25, 0.3) is 11.1 Å². The minimum absolute atomic E-state index is 0.0903. The summed E-state index contributed by atoms with van der Waals surface area (Å²) in [5.74, 6) is 2.00. The number of rotatable bonds is 4. The molecule has 2 heterocycles. The standard InChI is InChI=1S/C22H22N2O4S/c1-14-23-18(13-29-14)22(25)24-8-9-28-21-16(12-24)10-15(11-20(21)27-3)17-6-4-5-7-19(17)26-2/h4-7,10-11,13H,8-9,12H2,1-3H3. The Morgan fingerprint density at radius 3 is 2.69 bits per heavy atom. The van der Waals surface area contributed by atoms with E-state index in [2.05, 4.69) is 4.98 Å². The van der Waals surface area contributed by atoms with Crippen LogP contribution in [0.2, 0.25) is 0 Å². The molecule has 1 amide bonds. The van der Waals surface area contributed by atoms with Crippen LogP contribution < -0.4 is 14.2 Å². The smallest absolute Gasteiger partial charge is 0.273 e. The number of amides is 1. The summed E-state index contributed by atoms with van der Waals surface area (Å²) in [5.41, 5.74) is 3.26. The van der Waals surface area contributed by atoms with E-state index in [0.717, 1.165) is 27.4 Å². The number of hydrogen-bond donors (Lipinski definition) is 0. The van der Waals surface area contributed by atoms with Crippen LogP contribution in [0.1, 0.15) is 21.1 Å². The Morgan fingerprint density at radius 1 is 1.17 bits per heavy atom. The number of thiazole rings is 1. The predicted octanol–water partition coefficient (Wildman–Crippen LogP) is 4.17. The molecular weight excluding hydrogens is 388 g/mol. The van der Waals surface area contributed by atoms with Crippen LogP contribution in [0.3, 0.4) is 0 Å². The van der Waals surface area contributed by atoms with E-state index >= 15 is 0 Å². The maximum absolute atomic E-state index is 12.9. The maximum atomic E-state index is 12.9. The summed E-state index contributed by atoms with van der Waals surface area (Å²) in [7, 11) is 3.27. The van der Waals surface area contributed by atoms with Gasteiger partial charge in [-0.15, -0.1) is 11.3 Å². The molecule has 7 heteroatoms. The van der Waals surface area contributed by atoms with Gasteiger partial charge in [-0.2, -0.15) is 0 Å². The molecule has 0 aliphatic carbocycles. The summed E-state index contributed by atoms with van der Waals surface area (Å²) >= 11 is 1.47. The molecule has 4 rings (SSSR count). The van der Waals surface area contributed by atoms with Crippen molar-refractivity contribution in [2.45, 2.75) is 13.5 Å². The summed E-state index contributed by atoms with van der Waals surface area (Å²) in [6, 6.07) is 11.8. The monoisotopic (exact) mass is 410 g/mol. The number of carbonyl (C=O) groups excluding carboxylic acids is 1. The van der Waals surface area contributed by atoms with Gasteiger partial charge < -0.3 is 19.1 Å². The second-order valence-electron chi connectivity index (χ2n) is 6.69. The molecule has 0 fully saturated rings. The van der Waals surface area contributed by atoms with Crippen molar-refractivity contribution in [1.82, 2.24) is 9.88 Å². The third kappa shape index (κ3) is 3.78. The third-order valence-corrected chi connectivity index (χ3v) is 5.64. The number of aryl methyl sites for hydroxylation is 1. The first kappa shape index (κ1) is 19.3. The molecule has 0 N–H and O–H groups in total. The van der Waals surface area contributed by atoms with Crippen molar-refractivity contribution in [2.24, 2.45) is 0 Å². The van der Waals surface area contributed by atoms with Gasteiger partial charge in [-0.05, 0) is 30.7 Å². The zero-order valence-electron chi connectivity index (χ0n) is 16.6. The zero-order chi connectivity index (χ0) is 20.4. The van der Waals surface area contributed by atoms with E-state index in [1.807, 2.05) is 43.3 Å². The molecule has 0 unspecified atom stereocenters. The molecule has 1 aliphatic rings. The molecule has 6 nitrogen and oxygen atoms in total. The van der Waals surface area contributed by atoms with E-state index < -0.39 is 0 Å². The van der Waals surface area contributed by atoms with Crippen LogP contribution in [0, 0.1) is 6.92 Å². The van der Waals surface area contributed by atoms with Gasteiger partial charge in [0.1, 0.15) is 18.1 Å². The van der Waals surface area contributed by atoms with Gasteiger partial charge in [0.15, 0.2) is 11.5 Å². The van der Waals surface area contributed by atoms with E-state index in [1.165, 1.54) is 11.3 Å².